The van der Waals surface area contributed by atoms with Crippen LogP contribution in [0, 0.1) is 0 Å². The van der Waals surface area contributed by atoms with E-state index in [4.69, 9.17) is 0 Å². The Morgan fingerprint density at radius 3 is 2.65 bits per heavy atom. The van der Waals surface area contributed by atoms with Crippen LogP contribution in [0.2, 0.25) is 0 Å². The molecule has 0 spiro atoms. The third kappa shape index (κ3) is 4.04. The highest BCUT2D eigenvalue weighted by Gasteiger charge is 2.06. The summed E-state index contributed by atoms with van der Waals surface area (Å²) in [6.45, 7) is 5.12. The summed E-state index contributed by atoms with van der Waals surface area (Å²) in [5.41, 5.74) is 1.95. The van der Waals surface area contributed by atoms with Gasteiger partial charge in [0, 0.05) is 23.3 Å². The number of nitrogens with one attached hydrogen (secondary N) is 3. The first-order valence-electron chi connectivity index (χ1n) is 6.50. The molecule has 0 radical (unpaired) electrons. The van der Waals surface area contributed by atoms with E-state index in [1.807, 2.05) is 29.6 Å². The molecule has 2 aromatic rings. The Morgan fingerprint density at radius 1 is 1.30 bits per heavy atom. The first-order valence-corrected chi connectivity index (χ1v) is 7.38. The molecule has 5 nitrogen and oxygen atoms in total. The van der Waals surface area contributed by atoms with Gasteiger partial charge in [-0.2, -0.15) is 0 Å². The predicted octanol–water partition coefficient (Wildman–Crippen LogP) is 3.46. The van der Waals surface area contributed by atoms with Crippen molar-refractivity contribution >= 4 is 28.2 Å². The van der Waals surface area contributed by atoms with Gasteiger partial charge in [0.2, 0.25) is 0 Å². The van der Waals surface area contributed by atoms with Crippen LogP contribution in [0.5, 0.6) is 0 Å². The number of aromatic nitrogens is 1. The molecule has 0 aliphatic heterocycles. The quantitative estimate of drug-likeness (QED) is 0.790. The monoisotopic (exact) mass is 290 g/mol. The second kappa shape index (κ2) is 7.02. The molecule has 0 saturated heterocycles. The maximum atomic E-state index is 11.7. The minimum absolute atomic E-state index is 0.285. The molecule has 2 rings (SSSR count). The number of urea groups is 1. The number of rotatable bonds is 5. The SMILES string of the molecule is CCNC(C)c1ccc(NC(=O)Nc2nccs2)cc1. The Bertz CT molecular complexity index is 539. The predicted molar refractivity (Wildman–Crippen MR) is 83.3 cm³/mol. The van der Waals surface area contributed by atoms with Crippen LogP contribution in [-0.4, -0.2) is 17.6 Å². The van der Waals surface area contributed by atoms with E-state index < -0.39 is 0 Å². The molecule has 0 aliphatic carbocycles. The van der Waals surface area contributed by atoms with Gasteiger partial charge in [-0.15, -0.1) is 11.3 Å². The summed E-state index contributed by atoms with van der Waals surface area (Å²) >= 11 is 1.38. The normalized spacial score (nSPS) is 11.9. The van der Waals surface area contributed by atoms with E-state index in [2.05, 4.69) is 34.8 Å². The molecule has 0 fully saturated rings. The highest BCUT2D eigenvalue weighted by Crippen LogP contribution is 2.16. The van der Waals surface area contributed by atoms with Crippen molar-refractivity contribution in [2.24, 2.45) is 0 Å². The fourth-order valence-electron chi connectivity index (χ4n) is 1.82. The van der Waals surface area contributed by atoms with Crippen LogP contribution in [-0.2, 0) is 0 Å². The molecule has 1 atom stereocenters. The lowest BCUT2D eigenvalue weighted by molar-refractivity contribution is 0.262. The van der Waals surface area contributed by atoms with Gasteiger partial charge in [-0.05, 0) is 31.2 Å². The summed E-state index contributed by atoms with van der Waals surface area (Å²) in [6.07, 6.45) is 1.65. The average Bonchev–Trinajstić information content (AvgIpc) is 2.92. The van der Waals surface area contributed by atoms with Gasteiger partial charge in [0.05, 0.1) is 0 Å². The van der Waals surface area contributed by atoms with E-state index in [9.17, 15) is 4.79 Å². The molecule has 106 valence electrons. The van der Waals surface area contributed by atoms with E-state index in [1.165, 1.54) is 16.9 Å². The van der Waals surface area contributed by atoms with Crippen molar-refractivity contribution in [2.45, 2.75) is 19.9 Å². The van der Waals surface area contributed by atoms with Gasteiger partial charge < -0.3 is 10.6 Å². The number of hydrogen-bond acceptors (Lipinski definition) is 4. The lowest BCUT2D eigenvalue weighted by Gasteiger charge is -2.13. The number of nitrogens with zero attached hydrogens (tertiary/aromatic N) is 1. The van der Waals surface area contributed by atoms with Crippen molar-refractivity contribution in [3.63, 3.8) is 0 Å². The number of carbonyl (C=O) groups is 1. The molecule has 3 N–H and O–H groups in total. The molecular formula is C14H18N4OS. The zero-order chi connectivity index (χ0) is 14.4. The van der Waals surface area contributed by atoms with E-state index in [0.29, 0.717) is 11.2 Å². The van der Waals surface area contributed by atoms with E-state index in [0.717, 1.165) is 12.2 Å². The lowest BCUT2D eigenvalue weighted by atomic mass is 10.1. The topological polar surface area (TPSA) is 66.0 Å². The maximum Gasteiger partial charge on any atom is 0.325 e. The molecule has 1 unspecified atom stereocenters. The fraction of sp³-hybridized carbons (Fsp3) is 0.286. The second-order valence-electron chi connectivity index (χ2n) is 4.32. The van der Waals surface area contributed by atoms with E-state index >= 15 is 0 Å². The Kier molecular flexibility index (Phi) is 5.09. The Hall–Kier alpha value is -1.92. The summed E-state index contributed by atoms with van der Waals surface area (Å²) in [6, 6.07) is 7.82. The number of hydrogen-bond donors (Lipinski definition) is 3. The summed E-state index contributed by atoms with van der Waals surface area (Å²) in [4.78, 5) is 15.7. The molecule has 0 bridgehead atoms. The van der Waals surface area contributed by atoms with Crippen LogP contribution in [0.1, 0.15) is 25.5 Å². The van der Waals surface area contributed by atoms with Crippen molar-refractivity contribution in [3.05, 3.63) is 41.4 Å². The highest BCUT2D eigenvalue weighted by atomic mass is 32.1. The van der Waals surface area contributed by atoms with Gasteiger partial charge in [0.15, 0.2) is 5.13 Å². The first kappa shape index (κ1) is 14.5. The second-order valence-corrected chi connectivity index (χ2v) is 5.21. The minimum Gasteiger partial charge on any atom is -0.310 e. The fourth-order valence-corrected chi connectivity index (χ4v) is 2.35. The molecule has 20 heavy (non-hydrogen) atoms. The molecule has 1 aromatic heterocycles. The zero-order valence-electron chi connectivity index (χ0n) is 11.5. The van der Waals surface area contributed by atoms with Crippen molar-refractivity contribution in [1.82, 2.24) is 10.3 Å². The van der Waals surface area contributed by atoms with Crippen LogP contribution in [0.15, 0.2) is 35.8 Å². The first-order chi connectivity index (χ1) is 9.69. The van der Waals surface area contributed by atoms with Crippen molar-refractivity contribution < 1.29 is 4.79 Å². The number of carbonyl (C=O) groups excluding carboxylic acids is 1. The van der Waals surface area contributed by atoms with Crippen molar-refractivity contribution in [1.29, 1.82) is 0 Å². The zero-order valence-corrected chi connectivity index (χ0v) is 12.3. The lowest BCUT2D eigenvalue weighted by Crippen LogP contribution is -2.20. The van der Waals surface area contributed by atoms with Crippen LogP contribution in [0.25, 0.3) is 0 Å². The van der Waals surface area contributed by atoms with Gasteiger partial charge in [-0.3, -0.25) is 5.32 Å². The average molecular weight is 290 g/mol. The Balaban J connectivity index is 1.91. The maximum absolute atomic E-state index is 11.7. The Labute approximate surface area is 122 Å². The highest BCUT2D eigenvalue weighted by molar-refractivity contribution is 7.13. The summed E-state index contributed by atoms with van der Waals surface area (Å²) in [5, 5.41) is 11.2. The minimum atomic E-state index is -0.285. The van der Waals surface area contributed by atoms with Crippen molar-refractivity contribution in [2.75, 3.05) is 17.2 Å². The molecule has 0 aliphatic rings. The van der Waals surface area contributed by atoms with Gasteiger partial charge in [0.25, 0.3) is 0 Å². The number of anilines is 2. The van der Waals surface area contributed by atoms with Crippen LogP contribution in [0.4, 0.5) is 15.6 Å². The molecular weight excluding hydrogens is 272 g/mol. The van der Waals surface area contributed by atoms with Crippen LogP contribution < -0.4 is 16.0 Å². The van der Waals surface area contributed by atoms with Crippen LogP contribution in [0.3, 0.4) is 0 Å². The van der Waals surface area contributed by atoms with E-state index in [1.54, 1.807) is 6.20 Å². The van der Waals surface area contributed by atoms with Gasteiger partial charge in [-0.1, -0.05) is 19.1 Å². The van der Waals surface area contributed by atoms with Gasteiger partial charge in [-0.25, -0.2) is 9.78 Å². The van der Waals surface area contributed by atoms with Crippen LogP contribution >= 0.6 is 11.3 Å². The standard InChI is InChI=1S/C14H18N4OS/c1-3-15-10(2)11-4-6-12(7-5-11)17-13(19)18-14-16-8-9-20-14/h4-10,15H,3H2,1-2H3,(H2,16,17,18,19). The third-order valence-electron chi connectivity index (χ3n) is 2.83. The summed E-state index contributed by atoms with van der Waals surface area (Å²) in [7, 11) is 0. The molecule has 6 heteroatoms. The number of benzene rings is 1. The largest absolute Gasteiger partial charge is 0.325 e. The van der Waals surface area contributed by atoms with E-state index in [-0.39, 0.29) is 6.03 Å². The summed E-state index contributed by atoms with van der Waals surface area (Å²) in [5.74, 6) is 0. The van der Waals surface area contributed by atoms with Gasteiger partial charge in [0.1, 0.15) is 0 Å². The smallest absolute Gasteiger partial charge is 0.310 e. The third-order valence-corrected chi connectivity index (χ3v) is 3.52. The van der Waals surface area contributed by atoms with Crippen molar-refractivity contribution in [3.8, 4) is 0 Å². The molecule has 2 amide bonds. The summed E-state index contributed by atoms with van der Waals surface area (Å²) < 4.78 is 0. The molecule has 1 aromatic carbocycles. The number of thiazole rings is 1. The molecule has 0 saturated carbocycles. The molecule has 1 heterocycles. The number of amides is 2. The van der Waals surface area contributed by atoms with Gasteiger partial charge >= 0.3 is 6.03 Å². The Morgan fingerprint density at radius 2 is 2.05 bits per heavy atom.